The van der Waals surface area contributed by atoms with Crippen LogP contribution < -0.4 is 0 Å². The number of hydrogen-bond acceptors (Lipinski definition) is 5. The van der Waals surface area contributed by atoms with Crippen LogP contribution in [-0.2, 0) is 26.1 Å². The first-order chi connectivity index (χ1) is 14.3. The molecule has 0 aliphatic carbocycles. The van der Waals surface area contributed by atoms with Gasteiger partial charge in [0.05, 0.1) is 10.5 Å². The van der Waals surface area contributed by atoms with E-state index in [0.717, 1.165) is 5.56 Å². The third-order valence-corrected chi connectivity index (χ3v) is 6.74. The molecule has 0 aromatic heterocycles. The van der Waals surface area contributed by atoms with Gasteiger partial charge in [0, 0.05) is 26.2 Å². The summed E-state index contributed by atoms with van der Waals surface area (Å²) in [4.78, 5) is 26.5. The van der Waals surface area contributed by atoms with Gasteiger partial charge in [0.1, 0.15) is 0 Å². The first-order valence-electron chi connectivity index (χ1n) is 9.92. The molecule has 0 radical (unpaired) electrons. The zero-order chi connectivity index (χ0) is 22.1. The molecule has 0 spiro atoms. The molecule has 2 aromatic rings. The molecule has 0 aliphatic heterocycles. The second-order valence-corrected chi connectivity index (χ2v) is 8.52. The highest BCUT2D eigenvalue weighted by molar-refractivity contribution is 7.89. The zero-order valence-electron chi connectivity index (χ0n) is 17.6. The van der Waals surface area contributed by atoms with Crippen LogP contribution in [0.1, 0.15) is 36.7 Å². The maximum absolute atomic E-state index is 12.7. The van der Waals surface area contributed by atoms with E-state index in [1.807, 2.05) is 37.3 Å². The SMILES string of the molecule is CCN(Cc1ccccc1)C(=O)COC(=O)c1cccc(S(=O)(=O)N(CC)CC)c1. The minimum Gasteiger partial charge on any atom is -0.452 e. The Hall–Kier alpha value is -2.71. The van der Waals surface area contributed by atoms with Gasteiger partial charge >= 0.3 is 5.97 Å². The molecule has 0 N–H and O–H groups in total. The van der Waals surface area contributed by atoms with Crippen LogP contribution in [0, 0.1) is 0 Å². The minimum absolute atomic E-state index is 0.0197. The van der Waals surface area contributed by atoms with Gasteiger partial charge in [-0.15, -0.1) is 0 Å². The second-order valence-electron chi connectivity index (χ2n) is 6.59. The lowest BCUT2D eigenvalue weighted by Crippen LogP contribution is -2.34. The van der Waals surface area contributed by atoms with Gasteiger partial charge in [-0.2, -0.15) is 4.31 Å². The van der Waals surface area contributed by atoms with Gasteiger partial charge in [0.2, 0.25) is 10.0 Å². The van der Waals surface area contributed by atoms with E-state index >= 15 is 0 Å². The highest BCUT2D eigenvalue weighted by atomic mass is 32.2. The van der Waals surface area contributed by atoms with Crippen LogP contribution in [0.25, 0.3) is 0 Å². The first-order valence-corrected chi connectivity index (χ1v) is 11.4. The van der Waals surface area contributed by atoms with Crippen LogP contribution in [0.15, 0.2) is 59.5 Å². The van der Waals surface area contributed by atoms with Gasteiger partial charge in [-0.25, -0.2) is 13.2 Å². The molecule has 1 amide bonds. The van der Waals surface area contributed by atoms with E-state index in [-0.39, 0.29) is 16.4 Å². The summed E-state index contributed by atoms with van der Waals surface area (Å²) in [6.45, 7) is 6.50. The average molecular weight is 433 g/mol. The third-order valence-electron chi connectivity index (χ3n) is 4.69. The summed E-state index contributed by atoms with van der Waals surface area (Å²) >= 11 is 0. The summed E-state index contributed by atoms with van der Waals surface area (Å²) in [5.74, 6) is -1.06. The first kappa shape index (κ1) is 23.6. The van der Waals surface area contributed by atoms with E-state index in [2.05, 4.69) is 0 Å². The van der Waals surface area contributed by atoms with Crippen LogP contribution in [0.2, 0.25) is 0 Å². The van der Waals surface area contributed by atoms with Gasteiger partial charge in [0.25, 0.3) is 5.91 Å². The fraction of sp³-hybridized carbons (Fsp3) is 0.364. The summed E-state index contributed by atoms with van der Waals surface area (Å²) in [7, 11) is -3.69. The van der Waals surface area contributed by atoms with Gasteiger partial charge in [-0.3, -0.25) is 4.79 Å². The summed E-state index contributed by atoms with van der Waals surface area (Å²) in [6, 6.07) is 15.2. The van der Waals surface area contributed by atoms with Crippen LogP contribution in [0.3, 0.4) is 0 Å². The zero-order valence-corrected chi connectivity index (χ0v) is 18.4. The monoisotopic (exact) mass is 432 g/mol. The quantitative estimate of drug-likeness (QED) is 0.539. The molecule has 0 heterocycles. The average Bonchev–Trinajstić information content (AvgIpc) is 2.77. The van der Waals surface area contributed by atoms with Crippen LogP contribution in [0.4, 0.5) is 0 Å². The molecule has 2 rings (SSSR count). The van der Waals surface area contributed by atoms with E-state index in [1.165, 1.54) is 28.6 Å². The normalized spacial score (nSPS) is 11.3. The molecule has 0 unspecified atom stereocenters. The number of carbonyl (C=O) groups excluding carboxylic acids is 2. The molecule has 162 valence electrons. The van der Waals surface area contributed by atoms with Gasteiger partial charge in [0.15, 0.2) is 6.61 Å². The Labute approximate surface area is 178 Å². The number of amides is 1. The molecular formula is C22H28N2O5S. The van der Waals surface area contributed by atoms with Crippen molar-refractivity contribution >= 4 is 21.9 Å². The summed E-state index contributed by atoms with van der Waals surface area (Å²) in [6.07, 6.45) is 0. The number of rotatable bonds is 10. The Morgan fingerprint density at radius 3 is 2.17 bits per heavy atom. The second kappa shape index (κ2) is 10.9. The van der Waals surface area contributed by atoms with Crippen molar-refractivity contribution in [1.29, 1.82) is 0 Å². The Kier molecular flexibility index (Phi) is 8.56. The van der Waals surface area contributed by atoms with Crippen molar-refractivity contribution in [3.8, 4) is 0 Å². The number of carbonyl (C=O) groups is 2. The number of esters is 1. The Bertz CT molecular complexity index is 957. The minimum atomic E-state index is -3.69. The van der Waals surface area contributed by atoms with Gasteiger partial charge < -0.3 is 9.64 Å². The molecular weight excluding hydrogens is 404 g/mol. The van der Waals surface area contributed by atoms with Crippen LogP contribution >= 0.6 is 0 Å². The number of benzene rings is 2. The van der Waals surface area contributed by atoms with Crippen molar-refractivity contribution in [2.75, 3.05) is 26.2 Å². The lowest BCUT2D eigenvalue weighted by atomic mass is 10.2. The van der Waals surface area contributed by atoms with Crippen molar-refractivity contribution in [2.24, 2.45) is 0 Å². The van der Waals surface area contributed by atoms with Crippen molar-refractivity contribution in [3.05, 3.63) is 65.7 Å². The van der Waals surface area contributed by atoms with Crippen molar-refractivity contribution in [3.63, 3.8) is 0 Å². The standard InChI is InChI=1S/C22H28N2O5S/c1-4-23(16-18-11-8-7-9-12-18)21(25)17-29-22(26)19-13-10-14-20(15-19)30(27,28)24(5-2)6-3/h7-15H,4-6,16-17H2,1-3H3. The summed E-state index contributed by atoms with van der Waals surface area (Å²) in [5.41, 5.74) is 1.07. The molecule has 0 saturated heterocycles. The highest BCUT2D eigenvalue weighted by Crippen LogP contribution is 2.17. The Balaban J connectivity index is 2.05. The maximum atomic E-state index is 12.7. The number of nitrogens with zero attached hydrogens (tertiary/aromatic N) is 2. The highest BCUT2D eigenvalue weighted by Gasteiger charge is 2.23. The fourth-order valence-corrected chi connectivity index (χ4v) is 4.48. The van der Waals surface area contributed by atoms with Crippen LogP contribution in [-0.4, -0.2) is 55.7 Å². The van der Waals surface area contributed by atoms with E-state index < -0.39 is 22.6 Å². The molecule has 0 bridgehead atoms. The molecule has 7 nitrogen and oxygen atoms in total. The predicted octanol–water partition coefficient (Wildman–Crippen LogP) is 2.92. The van der Waals surface area contributed by atoms with Gasteiger partial charge in [-0.05, 0) is 30.7 Å². The molecule has 0 fully saturated rings. The fourth-order valence-electron chi connectivity index (χ4n) is 2.98. The molecule has 0 aliphatic rings. The number of hydrogen-bond donors (Lipinski definition) is 0. The van der Waals surface area contributed by atoms with E-state index in [1.54, 1.807) is 18.7 Å². The topological polar surface area (TPSA) is 84.0 Å². The lowest BCUT2D eigenvalue weighted by molar-refractivity contribution is -0.134. The summed E-state index contributed by atoms with van der Waals surface area (Å²) in [5, 5.41) is 0. The lowest BCUT2D eigenvalue weighted by Gasteiger charge is -2.21. The molecule has 30 heavy (non-hydrogen) atoms. The number of ether oxygens (including phenoxy) is 1. The molecule has 0 saturated carbocycles. The van der Waals surface area contributed by atoms with Gasteiger partial charge in [-0.1, -0.05) is 50.2 Å². The van der Waals surface area contributed by atoms with Crippen molar-refractivity contribution < 1.29 is 22.7 Å². The smallest absolute Gasteiger partial charge is 0.338 e. The summed E-state index contributed by atoms with van der Waals surface area (Å²) < 4.78 is 31.8. The molecule has 8 heteroatoms. The predicted molar refractivity (Wildman–Crippen MR) is 114 cm³/mol. The van der Waals surface area contributed by atoms with E-state index in [0.29, 0.717) is 26.2 Å². The van der Waals surface area contributed by atoms with Crippen molar-refractivity contribution in [1.82, 2.24) is 9.21 Å². The third kappa shape index (κ3) is 5.90. The van der Waals surface area contributed by atoms with E-state index in [4.69, 9.17) is 4.74 Å². The van der Waals surface area contributed by atoms with E-state index in [9.17, 15) is 18.0 Å². The molecule has 0 atom stereocenters. The Morgan fingerprint density at radius 2 is 1.57 bits per heavy atom. The largest absolute Gasteiger partial charge is 0.452 e. The number of sulfonamides is 1. The Morgan fingerprint density at radius 1 is 0.900 bits per heavy atom. The maximum Gasteiger partial charge on any atom is 0.338 e. The van der Waals surface area contributed by atoms with Crippen molar-refractivity contribution in [2.45, 2.75) is 32.2 Å². The molecule has 2 aromatic carbocycles. The number of likely N-dealkylation sites (N-methyl/N-ethyl adjacent to an activating group) is 1. The van der Waals surface area contributed by atoms with Crippen LogP contribution in [0.5, 0.6) is 0 Å².